The van der Waals surface area contributed by atoms with Gasteiger partial charge >= 0.3 is 0 Å². The molecule has 2 N–H and O–H groups in total. The standard InChI is InChI=1S/C15H21N3O2/c16-13-8-18(11-15(13)4-2-5-15)14(19)10-20-9-12-3-1-6-17-7-12/h1,3,6-7,13H,2,4-5,8-11,16H2. The second-order valence-corrected chi connectivity index (χ2v) is 5.95. The Morgan fingerprint density at radius 3 is 3.00 bits per heavy atom. The molecule has 2 fully saturated rings. The number of pyridine rings is 1. The number of nitrogens with two attached hydrogens (primary N) is 1. The first kappa shape index (κ1) is 13.5. The van der Waals surface area contributed by atoms with Gasteiger partial charge in [0.15, 0.2) is 0 Å². The zero-order valence-corrected chi connectivity index (χ0v) is 11.6. The van der Waals surface area contributed by atoms with Gasteiger partial charge in [0.05, 0.1) is 6.61 Å². The Hall–Kier alpha value is -1.46. The molecule has 0 radical (unpaired) electrons. The molecule has 0 bridgehead atoms. The second-order valence-electron chi connectivity index (χ2n) is 5.95. The highest BCUT2D eigenvalue weighted by Crippen LogP contribution is 2.47. The third kappa shape index (κ3) is 2.55. The van der Waals surface area contributed by atoms with E-state index in [0.717, 1.165) is 24.9 Å². The van der Waals surface area contributed by atoms with Gasteiger partial charge in [-0.2, -0.15) is 0 Å². The maximum atomic E-state index is 12.1. The van der Waals surface area contributed by atoms with E-state index in [9.17, 15) is 4.79 Å². The van der Waals surface area contributed by atoms with Crippen molar-refractivity contribution in [1.29, 1.82) is 0 Å². The molecule has 1 amide bonds. The highest BCUT2D eigenvalue weighted by molar-refractivity contribution is 5.78. The smallest absolute Gasteiger partial charge is 0.248 e. The van der Waals surface area contributed by atoms with Crippen molar-refractivity contribution in [3.63, 3.8) is 0 Å². The van der Waals surface area contributed by atoms with Crippen molar-refractivity contribution in [3.8, 4) is 0 Å². The molecule has 2 heterocycles. The molecule has 108 valence electrons. The predicted molar refractivity (Wildman–Crippen MR) is 74.7 cm³/mol. The Morgan fingerprint density at radius 1 is 1.55 bits per heavy atom. The van der Waals surface area contributed by atoms with Crippen molar-refractivity contribution in [3.05, 3.63) is 30.1 Å². The molecule has 1 spiro atoms. The van der Waals surface area contributed by atoms with Gasteiger partial charge in [0.2, 0.25) is 5.91 Å². The molecule has 1 aliphatic carbocycles. The van der Waals surface area contributed by atoms with E-state index in [1.165, 1.54) is 6.42 Å². The molecular formula is C15H21N3O2. The summed E-state index contributed by atoms with van der Waals surface area (Å²) in [6.45, 7) is 2.03. The van der Waals surface area contributed by atoms with Gasteiger partial charge in [-0.3, -0.25) is 9.78 Å². The van der Waals surface area contributed by atoms with Crippen molar-refractivity contribution in [2.24, 2.45) is 11.1 Å². The number of likely N-dealkylation sites (tertiary alicyclic amines) is 1. The molecule has 20 heavy (non-hydrogen) atoms. The van der Waals surface area contributed by atoms with Crippen LogP contribution in [0.3, 0.4) is 0 Å². The van der Waals surface area contributed by atoms with Crippen LogP contribution in [0.1, 0.15) is 24.8 Å². The third-order valence-corrected chi connectivity index (χ3v) is 4.63. The molecular weight excluding hydrogens is 254 g/mol. The maximum absolute atomic E-state index is 12.1. The number of carbonyl (C=O) groups excluding carboxylic acids is 1. The Bertz CT molecular complexity index is 473. The van der Waals surface area contributed by atoms with Crippen LogP contribution in [0.2, 0.25) is 0 Å². The molecule has 3 rings (SSSR count). The summed E-state index contributed by atoms with van der Waals surface area (Å²) in [4.78, 5) is 18.0. The van der Waals surface area contributed by atoms with E-state index in [4.69, 9.17) is 10.5 Å². The lowest BCUT2D eigenvalue weighted by Gasteiger charge is -2.41. The van der Waals surface area contributed by atoms with Gasteiger partial charge in [-0.05, 0) is 24.5 Å². The normalized spacial score (nSPS) is 23.9. The first-order chi connectivity index (χ1) is 9.70. The lowest BCUT2D eigenvalue weighted by molar-refractivity contribution is -0.136. The topological polar surface area (TPSA) is 68.5 Å². The second kappa shape index (κ2) is 5.50. The number of nitrogens with zero attached hydrogens (tertiary/aromatic N) is 2. The molecule has 1 aliphatic heterocycles. The minimum atomic E-state index is 0.0492. The van der Waals surface area contributed by atoms with E-state index in [0.29, 0.717) is 13.2 Å². The fraction of sp³-hybridized carbons (Fsp3) is 0.600. The molecule has 0 aromatic carbocycles. The minimum Gasteiger partial charge on any atom is -0.367 e. The Morgan fingerprint density at radius 2 is 2.40 bits per heavy atom. The monoisotopic (exact) mass is 275 g/mol. The van der Waals surface area contributed by atoms with Gasteiger partial charge < -0.3 is 15.4 Å². The molecule has 5 nitrogen and oxygen atoms in total. The molecule has 2 aliphatic rings. The SMILES string of the molecule is NC1CN(C(=O)COCc2cccnc2)CC12CCC2. The summed E-state index contributed by atoms with van der Waals surface area (Å²) in [7, 11) is 0. The number of rotatable bonds is 4. The van der Waals surface area contributed by atoms with Crippen LogP contribution in [0.15, 0.2) is 24.5 Å². The van der Waals surface area contributed by atoms with E-state index in [-0.39, 0.29) is 24.0 Å². The number of aromatic nitrogens is 1. The van der Waals surface area contributed by atoms with Gasteiger partial charge in [0.25, 0.3) is 0 Å². The average molecular weight is 275 g/mol. The van der Waals surface area contributed by atoms with Crippen LogP contribution in [0, 0.1) is 5.41 Å². The summed E-state index contributed by atoms with van der Waals surface area (Å²) in [6, 6.07) is 3.94. The largest absolute Gasteiger partial charge is 0.367 e. The van der Waals surface area contributed by atoms with Crippen LogP contribution in [0.5, 0.6) is 0 Å². The van der Waals surface area contributed by atoms with Gasteiger partial charge in [-0.25, -0.2) is 0 Å². The summed E-state index contributed by atoms with van der Waals surface area (Å²) in [5.41, 5.74) is 7.37. The number of amides is 1. The van der Waals surface area contributed by atoms with Gasteiger partial charge in [-0.15, -0.1) is 0 Å². The third-order valence-electron chi connectivity index (χ3n) is 4.63. The molecule has 1 unspecified atom stereocenters. The summed E-state index contributed by atoms with van der Waals surface area (Å²) in [5.74, 6) is 0.0492. The molecule has 1 saturated carbocycles. The van der Waals surface area contributed by atoms with Crippen molar-refractivity contribution in [2.75, 3.05) is 19.7 Å². The number of ether oxygens (including phenoxy) is 1. The quantitative estimate of drug-likeness (QED) is 0.888. The lowest BCUT2D eigenvalue weighted by atomic mass is 9.66. The van der Waals surface area contributed by atoms with E-state index < -0.39 is 0 Å². The summed E-state index contributed by atoms with van der Waals surface area (Å²) >= 11 is 0. The molecule has 1 aromatic rings. The van der Waals surface area contributed by atoms with Crippen LogP contribution in [0.4, 0.5) is 0 Å². The van der Waals surface area contributed by atoms with Gasteiger partial charge in [0, 0.05) is 36.9 Å². The highest BCUT2D eigenvalue weighted by Gasteiger charge is 2.49. The molecule has 1 saturated heterocycles. The molecule has 1 atom stereocenters. The van der Waals surface area contributed by atoms with Crippen LogP contribution in [0.25, 0.3) is 0 Å². The molecule has 1 aromatic heterocycles. The molecule has 5 heteroatoms. The first-order valence-electron chi connectivity index (χ1n) is 7.20. The number of carbonyl (C=O) groups is 1. The predicted octanol–water partition coefficient (Wildman–Crippen LogP) is 0.938. The number of hydrogen-bond acceptors (Lipinski definition) is 4. The average Bonchev–Trinajstić information content (AvgIpc) is 2.78. The van der Waals surface area contributed by atoms with Crippen LogP contribution < -0.4 is 5.73 Å². The van der Waals surface area contributed by atoms with Gasteiger partial charge in [0.1, 0.15) is 6.61 Å². The maximum Gasteiger partial charge on any atom is 0.248 e. The van der Waals surface area contributed by atoms with E-state index in [1.54, 1.807) is 12.4 Å². The fourth-order valence-electron chi connectivity index (χ4n) is 3.17. The summed E-state index contributed by atoms with van der Waals surface area (Å²) in [5, 5.41) is 0. The fourth-order valence-corrected chi connectivity index (χ4v) is 3.17. The zero-order chi connectivity index (χ0) is 14.0. The summed E-state index contributed by atoms with van der Waals surface area (Å²) in [6.07, 6.45) is 7.04. The first-order valence-corrected chi connectivity index (χ1v) is 7.20. The van der Waals surface area contributed by atoms with Gasteiger partial charge in [-0.1, -0.05) is 12.5 Å². The zero-order valence-electron chi connectivity index (χ0n) is 11.6. The van der Waals surface area contributed by atoms with Crippen LogP contribution >= 0.6 is 0 Å². The van der Waals surface area contributed by atoms with Crippen LogP contribution in [-0.2, 0) is 16.1 Å². The highest BCUT2D eigenvalue weighted by atomic mass is 16.5. The van der Waals surface area contributed by atoms with Crippen molar-refractivity contribution in [2.45, 2.75) is 31.9 Å². The summed E-state index contributed by atoms with van der Waals surface area (Å²) < 4.78 is 5.48. The van der Waals surface area contributed by atoms with E-state index in [1.807, 2.05) is 17.0 Å². The Labute approximate surface area is 119 Å². The van der Waals surface area contributed by atoms with E-state index in [2.05, 4.69) is 4.98 Å². The minimum absolute atomic E-state index is 0.0492. The van der Waals surface area contributed by atoms with Crippen molar-refractivity contribution in [1.82, 2.24) is 9.88 Å². The lowest BCUT2D eigenvalue weighted by Crippen LogP contribution is -2.45. The Kier molecular flexibility index (Phi) is 3.72. The van der Waals surface area contributed by atoms with Crippen molar-refractivity contribution >= 4 is 5.91 Å². The van der Waals surface area contributed by atoms with Crippen LogP contribution in [-0.4, -0.2) is 41.5 Å². The van der Waals surface area contributed by atoms with Crippen molar-refractivity contribution < 1.29 is 9.53 Å². The number of hydrogen-bond donors (Lipinski definition) is 1. The Balaban J connectivity index is 1.46. The van der Waals surface area contributed by atoms with E-state index >= 15 is 0 Å².